The fourth-order valence-corrected chi connectivity index (χ4v) is 8.31. The molecule has 0 bridgehead atoms. The number of aryl methyl sites for hydroxylation is 2. The molecule has 370 valence electrons. The predicted molar refractivity (Wildman–Crippen MR) is 241 cm³/mol. The zero-order chi connectivity index (χ0) is 49.1. The minimum Gasteiger partial charge on any atom is -0.489 e. The van der Waals surface area contributed by atoms with Crippen LogP contribution in [0, 0.1) is 23.6 Å². The summed E-state index contributed by atoms with van der Waals surface area (Å²) in [6.45, 7) is 5.40. The number of alkyl halides is 1. The largest absolute Gasteiger partial charge is 0.489 e. The molecule has 68 heavy (non-hydrogen) atoms. The van der Waals surface area contributed by atoms with Crippen molar-refractivity contribution in [2.24, 2.45) is 31.8 Å². The third kappa shape index (κ3) is 13.4. The summed E-state index contributed by atoms with van der Waals surface area (Å²) in [5.41, 5.74) is 0.767. The van der Waals surface area contributed by atoms with Gasteiger partial charge < -0.3 is 39.0 Å². The Morgan fingerprint density at radius 2 is 1.49 bits per heavy atom. The molecule has 4 aromatic rings. The second kappa shape index (κ2) is 23.1. The molecular weight excluding hydrogens is 889 g/mol. The van der Waals surface area contributed by atoms with Gasteiger partial charge in [0.15, 0.2) is 11.6 Å². The van der Waals surface area contributed by atoms with E-state index in [-0.39, 0.29) is 37.9 Å². The monoisotopic (exact) mass is 951 g/mol. The number of benzene rings is 1. The van der Waals surface area contributed by atoms with Crippen LogP contribution in [0.1, 0.15) is 102 Å². The van der Waals surface area contributed by atoms with Crippen LogP contribution in [0.5, 0.6) is 11.5 Å². The smallest absolute Gasteiger partial charge is 0.409 e. The lowest BCUT2D eigenvalue weighted by Crippen LogP contribution is -2.42. The molecule has 0 saturated heterocycles. The van der Waals surface area contributed by atoms with Gasteiger partial charge in [0, 0.05) is 53.3 Å². The summed E-state index contributed by atoms with van der Waals surface area (Å²) in [4.78, 5) is 54.6. The number of hydrogen-bond donors (Lipinski definition) is 2. The van der Waals surface area contributed by atoms with E-state index in [9.17, 15) is 33.1 Å². The maximum absolute atomic E-state index is 14.9. The zero-order valence-corrected chi connectivity index (χ0v) is 39.6. The number of carbonyl (C=O) groups excluding carboxylic acids is 2. The van der Waals surface area contributed by atoms with Gasteiger partial charge in [0.05, 0.1) is 23.9 Å². The first-order valence-corrected chi connectivity index (χ1v) is 23.2. The number of amides is 2. The Morgan fingerprint density at radius 1 is 0.838 bits per heavy atom. The molecule has 3 fully saturated rings. The van der Waals surface area contributed by atoms with Crippen molar-refractivity contribution in [3.05, 3.63) is 53.7 Å². The third-order valence-corrected chi connectivity index (χ3v) is 12.8. The van der Waals surface area contributed by atoms with Crippen molar-refractivity contribution in [1.29, 1.82) is 0 Å². The summed E-state index contributed by atoms with van der Waals surface area (Å²) in [6.07, 6.45) is 7.37. The van der Waals surface area contributed by atoms with Crippen molar-refractivity contribution in [2.75, 3.05) is 27.2 Å². The molecule has 3 heterocycles. The van der Waals surface area contributed by atoms with Gasteiger partial charge in [-0.25, -0.2) is 32.5 Å². The number of pyridine rings is 1. The molecule has 2 amide bonds. The van der Waals surface area contributed by atoms with Gasteiger partial charge in [-0.1, -0.05) is 30.7 Å². The van der Waals surface area contributed by atoms with Crippen LogP contribution in [-0.4, -0.2) is 124 Å². The number of hydrogen-bond acceptors (Lipinski definition) is 13. The number of carbonyl (C=O) groups is 4. The summed E-state index contributed by atoms with van der Waals surface area (Å²) in [6, 6.07) is 7.85. The molecule has 19 nitrogen and oxygen atoms in total. The van der Waals surface area contributed by atoms with Crippen LogP contribution in [0.25, 0.3) is 22.6 Å². The lowest BCUT2D eigenvalue weighted by Gasteiger charge is -2.31. The topological polar surface area (TPSA) is 226 Å². The van der Waals surface area contributed by atoms with Gasteiger partial charge in [0.2, 0.25) is 5.67 Å². The fraction of sp³-hybridized carbons (Fsp3) is 0.596. The summed E-state index contributed by atoms with van der Waals surface area (Å²) >= 11 is 0. The Kier molecular flexibility index (Phi) is 17.3. The number of aliphatic carboxylic acids is 2. The number of carboxylic acids is 2. The molecule has 21 heteroatoms. The predicted octanol–water partition coefficient (Wildman–Crippen LogP) is 7.62. The van der Waals surface area contributed by atoms with E-state index >= 15 is 0 Å². The van der Waals surface area contributed by atoms with Crippen LogP contribution in [0.4, 0.5) is 18.4 Å². The quantitative estimate of drug-likeness (QED) is 0.104. The minimum absolute atomic E-state index is 0.00243. The Balaban J connectivity index is 0.000000224. The highest BCUT2D eigenvalue weighted by molar-refractivity contribution is 5.77. The highest BCUT2D eigenvalue weighted by atomic mass is 19.1. The van der Waals surface area contributed by atoms with E-state index in [1.165, 1.54) is 39.0 Å². The maximum Gasteiger partial charge on any atom is 0.409 e. The molecule has 3 saturated carbocycles. The first-order valence-electron chi connectivity index (χ1n) is 23.2. The highest BCUT2D eigenvalue weighted by Crippen LogP contribution is 2.35. The Labute approximate surface area is 394 Å². The maximum atomic E-state index is 14.9. The average molecular weight is 952 g/mol. The second-order valence-corrected chi connectivity index (χ2v) is 18.5. The van der Waals surface area contributed by atoms with Crippen molar-refractivity contribution in [2.45, 2.75) is 122 Å². The average Bonchev–Trinajstić information content (AvgIpc) is 3.86. The Hall–Kier alpha value is -6.41. The van der Waals surface area contributed by atoms with Crippen LogP contribution in [0.3, 0.4) is 0 Å². The summed E-state index contributed by atoms with van der Waals surface area (Å²) in [5.74, 6) is -1.81. The number of halogens is 2. The number of nitrogens with zero attached hydrogens (tertiary/aromatic N) is 9. The summed E-state index contributed by atoms with van der Waals surface area (Å²) < 4.78 is 54.9. The molecule has 0 unspecified atom stereocenters. The van der Waals surface area contributed by atoms with E-state index in [4.69, 9.17) is 24.1 Å². The SMILES string of the molecule is CC(C)CCN(C)C(=O)OCc1c(-c2ccc(O[C@H]3CCC[C@H](C(=O)O)C3)c(F)c2)nnn1C.CN(CC1CCC1)C(=O)OCc1c(-c2ccc(O[C@H]3CCC[C@](F)(C(=O)O)C3)cn2)nnn1C. The molecule has 7 rings (SSSR count). The highest BCUT2D eigenvalue weighted by Gasteiger charge is 2.44. The van der Waals surface area contributed by atoms with Crippen molar-refractivity contribution < 1.29 is 57.1 Å². The Bertz CT molecular complexity index is 2360. The fourth-order valence-electron chi connectivity index (χ4n) is 8.31. The van der Waals surface area contributed by atoms with E-state index in [1.807, 2.05) is 0 Å². The van der Waals surface area contributed by atoms with Crippen LogP contribution in [0.2, 0.25) is 0 Å². The van der Waals surface area contributed by atoms with Crippen LogP contribution in [-0.2, 0) is 46.4 Å². The van der Waals surface area contributed by atoms with Gasteiger partial charge in [0.1, 0.15) is 47.8 Å². The standard InChI is InChI=1S/C24H33FN4O5.C23H30FN5O5/c1-15(2)10-11-28(3)24(32)33-14-20-22(26-27-29(20)4)16-8-9-21(19(25)13-16)34-18-7-5-6-17(12-18)23(30)31;1-28(13-15-5-3-6-15)22(32)33-14-19-20(26-27-29(19)2)18-9-8-17(12-25-18)34-16-7-4-10-23(24,11-16)21(30)31/h8-9,13,15,17-18H,5-7,10-12,14H2,1-4H3,(H,30,31);8-9,12,15-16H,3-7,10-11,13-14H2,1-2H3,(H,30,31)/t17-,18-;16-,23+/m00/s1. The van der Waals surface area contributed by atoms with Crippen molar-refractivity contribution in [3.8, 4) is 34.1 Å². The Morgan fingerprint density at radius 3 is 2.09 bits per heavy atom. The van der Waals surface area contributed by atoms with E-state index < -0.39 is 47.6 Å². The van der Waals surface area contributed by atoms with Gasteiger partial charge >= 0.3 is 24.1 Å². The van der Waals surface area contributed by atoms with Crippen LogP contribution >= 0.6 is 0 Å². The number of rotatable bonds is 17. The number of carboxylic acid groups (broad SMARTS) is 2. The molecule has 3 aromatic heterocycles. The van der Waals surface area contributed by atoms with E-state index in [2.05, 4.69) is 39.5 Å². The van der Waals surface area contributed by atoms with Gasteiger partial charge in [-0.2, -0.15) is 0 Å². The minimum atomic E-state index is -2.26. The molecule has 0 radical (unpaired) electrons. The van der Waals surface area contributed by atoms with E-state index in [1.54, 1.807) is 51.3 Å². The first kappa shape index (κ1) is 51.0. The molecule has 3 aliphatic rings. The first-order chi connectivity index (χ1) is 32.4. The molecule has 1 aromatic carbocycles. The third-order valence-electron chi connectivity index (χ3n) is 12.8. The molecule has 2 N–H and O–H groups in total. The molecule has 0 aliphatic heterocycles. The normalized spacial score (nSPS) is 20.3. The van der Waals surface area contributed by atoms with Crippen LogP contribution in [0.15, 0.2) is 36.5 Å². The zero-order valence-electron chi connectivity index (χ0n) is 39.6. The van der Waals surface area contributed by atoms with Gasteiger partial charge in [-0.05, 0) is 106 Å². The second-order valence-electron chi connectivity index (χ2n) is 18.5. The van der Waals surface area contributed by atoms with Crippen molar-refractivity contribution >= 4 is 24.1 Å². The lowest BCUT2D eigenvalue weighted by atomic mass is 9.84. The molecule has 0 spiro atoms. The van der Waals surface area contributed by atoms with E-state index in [0.29, 0.717) is 96.8 Å². The van der Waals surface area contributed by atoms with Gasteiger partial charge in [-0.3, -0.25) is 9.78 Å². The molecule has 3 aliphatic carbocycles. The van der Waals surface area contributed by atoms with E-state index in [0.717, 1.165) is 25.7 Å². The van der Waals surface area contributed by atoms with Crippen molar-refractivity contribution in [1.82, 2.24) is 44.8 Å². The lowest BCUT2D eigenvalue weighted by molar-refractivity contribution is -0.155. The van der Waals surface area contributed by atoms with Crippen molar-refractivity contribution in [3.63, 3.8) is 0 Å². The van der Waals surface area contributed by atoms with Gasteiger partial charge in [-0.15, -0.1) is 10.2 Å². The number of aromatic nitrogens is 7. The molecular formula is C47H63F2N9O10. The summed E-state index contributed by atoms with van der Waals surface area (Å²) in [7, 11) is 6.81. The van der Waals surface area contributed by atoms with Crippen LogP contribution < -0.4 is 9.47 Å². The number of ether oxygens (including phenoxy) is 4. The van der Waals surface area contributed by atoms with Gasteiger partial charge in [0.25, 0.3) is 0 Å². The molecule has 4 atom stereocenters. The summed E-state index contributed by atoms with van der Waals surface area (Å²) in [5, 5.41) is 34.7.